The van der Waals surface area contributed by atoms with E-state index in [1.165, 1.54) is 17.8 Å². The lowest BCUT2D eigenvalue weighted by Crippen LogP contribution is -2.27. The van der Waals surface area contributed by atoms with Crippen molar-refractivity contribution in [3.8, 4) is 11.1 Å². The van der Waals surface area contributed by atoms with E-state index in [9.17, 15) is 14.4 Å². The Morgan fingerprint density at radius 1 is 1.00 bits per heavy atom. The topological polar surface area (TPSA) is 78.3 Å². The summed E-state index contributed by atoms with van der Waals surface area (Å²) in [5, 5.41) is 1.63. The van der Waals surface area contributed by atoms with Gasteiger partial charge in [0.2, 0.25) is 5.78 Å². The van der Waals surface area contributed by atoms with Crippen LogP contribution in [0.2, 0.25) is 5.02 Å². The average molecular weight is 433 g/mol. The van der Waals surface area contributed by atoms with Gasteiger partial charge in [0, 0.05) is 41.0 Å². The molecule has 2 heterocycles. The van der Waals surface area contributed by atoms with Crippen molar-refractivity contribution in [1.29, 1.82) is 0 Å². The minimum atomic E-state index is -0.771. The highest BCUT2D eigenvalue weighted by Gasteiger charge is 2.23. The number of halogens is 1. The Morgan fingerprint density at radius 2 is 1.71 bits per heavy atom. The third kappa shape index (κ3) is 3.98. The zero-order chi connectivity index (χ0) is 22.0. The molecule has 0 saturated heterocycles. The molecule has 0 atom stereocenters. The molecule has 0 fully saturated rings. The van der Waals surface area contributed by atoms with Gasteiger partial charge in [-0.05, 0) is 41.3 Å². The molecule has 4 aromatic rings. The molecule has 7 heteroatoms. The minimum absolute atomic E-state index is 0.0602. The summed E-state index contributed by atoms with van der Waals surface area (Å²) in [6.45, 7) is -0.467. The van der Waals surface area contributed by atoms with Crippen LogP contribution in [-0.2, 0) is 11.8 Å². The van der Waals surface area contributed by atoms with Gasteiger partial charge < -0.3 is 9.30 Å². The molecule has 0 aliphatic heterocycles. The summed E-state index contributed by atoms with van der Waals surface area (Å²) in [7, 11) is 1.51. The first kappa shape index (κ1) is 20.5. The molecule has 0 spiro atoms. The number of esters is 1. The molecule has 0 N–H and O–H groups in total. The highest BCUT2D eigenvalue weighted by Crippen LogP contribution is 2.31. The largest absolute Gasteiger partial charge is 0.453 e. The lowest BCUT2D eigenvalue weighted by Gasteiger charge is -2.16. The van der Waals surface area contributed by atoms with Gasteiger partial charge in [0.1, 0.15) is 5.69 Å². The fourth-order valence-corrected chi connectivity index (χ4v) is 3.55. The monoisotopic (exact) mass is 432 g/mol. The van der Waals surface area contributed by atoms with Gasteiger partial charge in [-0.1, -0.05) is 41.9 Å². The molecule has 2 aromatic heterocycles. The van der Waals surface area contributed by atoms with Crippen molar-refractivity contribution in [3.63, 3.8) is 0 Å². The fourth-order valence-electron chi connectivity index (χ4n) is 3.42. The first-order chi connectivity index (χ1) is 15.0. The number of ether oxygens (including phenoxy) is 1. The van der Waals surface area contributed by atoms with Gasteiger partial charge >= 0.3 is 5.97 Å². The van der Waals surface area contributed by atoms with E-state index >= 15 is 0 Å². The molecule has 0 aliphatic carbocycles. The van der Waals surface area contributed by atoms with Crippen LogP contribution in [0.5, 0.6) is 0 Å². The van der Waals surface area contributed by atoms with E-state index < -0.39 is 12.6 Å². The Bertz CT molecular complexity index is 1350. The molecule has 0 amide bonds. The summed E-state index contributed by atoms with van der Waals surface area (Å²) in [6, 6.07) is 17.2. The molecule has 31 heavy (non-hydrogen) atoms. The van der Waals surface area contributed by atoms with E-state index in [1.54, 1.807) is 66.9 Å². The molecule has 0 saturated carbocycles. The van der Waals surface area contributed by atoms with E-state index in [-0.39, 0.29) is 17.0 Å². The Kier molecular flexibility index (Phi) is 5.64. The van der Waals surface area contributed by atoms with Gasteiger partial charge in [-0.2, -0.15) is 0 Å². The maximum absolute atomic E-state index is 13.1. The highest BCUT2D eigenvalue weighted by molar-refractivity contribution is 6.30. The normalized spacial score (nSPS) is 10.8. The van der Waals surface area contributed by atoms with Crippen LogP contribution < -0.4 is 5.56 Å². The number of fused-ring (bicyclic) bond motifs is 1. The number of hydrogen-bond donors (Lipinski definition) is 0. The predicted octanol–water partition coefficient (Wildman–Crippen LogP) is 4.29. The summed E-state index contributed by atoms with van der Waals surface area (Å²) < 4.78 is 6.57. The number of carbonyl (C=O) groups is 2. The number of carbonyl (C=O) groups excluding carboxylic acids is 2. The van der Waals surface area contributed by atoms with Crippen molar-refractivity contribution in [2.24, 2.45) is 7.05 Å². The average Bonchev–Trinajstić information content (AvgIpc) is 2.80. The second kappa shape index (κ2) is 8.53. The summed E-state index contributed by atoms with van der Waals surface area (Å²) in [4.78, 5) is 42.2. The number of rotatable bonds is 5. The van der Waals surface area contributed by atoms with Gasteiger partial charge in [-0.15, -0.1) is 0 Å². The molecule has 4 rings (SSSR count). The lowest BCUT2D eigenvalue weighted by molar-refractivity contribution is 0.0465. The Labute approximate surface area is 182 Å². The molecule has 2 aromatic carbocycles. The number of nitrogens with zero attached hydrogens (tertiary/aromatic N) is 2. The molecule has 0 bridgehead atoms. The number of hydrogen-bond acceptors (Lipinski definition) is 5. The lowest BCUT2D eigenvalue weighted by atomic mass is 9.97. The molecular formula is C24H17ClN2O4. The first-order valence-corrected chi connectivity index (χ1v) is 9.83. The van der Waals surface area contributed by atoms with Crippen LogP contribution >= 0.6 is 11.6 Å². The molecule has 154 valence electrons. The second-order valence-corrected chi connectivity index (χ2v) is 7.32. The third-order valence-electron chi connectivity index (χ3n) is 4.95. The SMILES string of the molecule is Cn1c(C(=O)OCC(=O)c2cccnc2)c(-c2ccc(Cl)cc2)c2ccccc2c1=O. The first-order valence-electron chi connectivity index (χ1n) is 9.45. The van der Waals surface area contributed by atoms with E-state index in [0.717, 1.165) is 0 Å². The zero-order valence-corrected chi connectivity index (χ0v) is 17.3. The molecular weight excluding hydrogens is 416 g/mol. The highest BCUT2D eigenvalue weighted by atomic mass is 35.5. The van der Waals surface area contributed by atoms with E-state index in [1.807, 2.05) is 0 Å². The number of ketones is 1. The Balaban J connectivity index is 1.81. The van der Waals surface area contributed by atoms with Crippen molar-refractivity contribution < 1.29 is 14.3 Å². The van der Waals surface area contributed by atoms with Crippen LogP contribution in [0.4, 0.5) is 0 Å². The Morgan fingerprint density at radius 3 is 2.39 bits per heavy atom. The van der Waals surface area contributed by atoms with Crippen LogP contribution in [0, 0.1) is 0 Å². The number of pyridine rings is 2. The van der Waals surface area contributed by atoms with E-state index in [0.29, 0.717) is 32.5 Å². The smallest absolute Gasteiger partial charge is 0.356 e. The van der Waals surface area contributed by atoms with Gasteiger partial charge in [0.15, 0.2) is 6.61 Å². The van der Waals surface area contributed by atoms with Crippen molar-refractivity contribution in [2.75, 3.05) is 6.61 Å². The predicted molar refractivity (Wildman–Crippen MR) is 118 cm³/mol. The van der Waals surface area contributed by atoms with Crippen LogP contribution in [-0.4, -0.2) is 27.9 Å². The Hall–Kier alpha value is -3.77. The maximum atomic E-state index is 13.1. The number of benzene rings is 2. The minimum Gasteiger partial charge on any atom is -0.453 e. The van der Waals surface area contributed by atoms with Crippen LogP contribution in [0.1, 0.15) is 20.8 Å². The van der Waals surface area contributed by atoms with Crippen molar-refractivity contribution in [2.45, 2.75) is 0 Å². The number of Topliss-reactive ketones (excluding diaryl/α,β-unsaturated/α-hetero) is 1. The molecule has 0 aliphatic rings. The van der Waals surface area contributed by atoms with Crippen LogP contribution in [0.25, 0.3) is 21.9 Å². The zero-order valence-electron chi connectivity index (χ0n) is 16.5. The van der Waals surface area contributed by atoms with Crippen LogP contribution in [0.15, 0.2) is 77.9 Å². The maximum Gasteiger partial charge on any atom is 0.356 e. The van der Waals surface area contributed by atoms with E-state index in [4.69, 9.17) is 16.3 Å². The van der Waals surface area contributed by atoms with Gasteiger partial charge in [0.25, 0.3) is 5.56 Å². The second-order valence-electron chi connectivity index (χ2n) is 6.88. The van der Waals surface area contributed by atoms with Crippen molar-refractivity contribution in [1.82, 2.24) is 9.55 Å². The van der Waals surface area contributed by atoms with E-state index in [2.05, 4.69) is 4.98 Å². The standard InChI is InChI=1S/C24H17ClN2O4/c1-27-22(24(30)31-14-20(28)16-5-4-12-26-13-16)21(15-8-10-17(25)11-9-15)18-6-2-3-7-19(18)23(27)29/h2-13H,14H2,1H3. The van der Waals surface area contributed by atoms with Gasteiger partial charge in [0.05, 0.1) is 0 Å². The molecule has 0 radical (unpaired) electrons. The number of aromatic nitrogens is 2. The third-order valence-corrected chi connectivity index (χ3v) is 5.20. The summed E-state index contributed by atoms with van der Waals surface area (Å²) in [6.07, 6.45) is 2.95. The van der Waals surface area contributed by atoms with Crippen molar-refractivity contribution >= 4 is 34.1 Å². The summed E-state index contributed by atoms with van der Waals surface area (Å²) >= 11 is 6.03. The summed E-state index contributed by atoms with van der Waals surface area (Å²) in [5.74, 6) is -1.16. The van der Waals surface area contributed by atoms with Crippen molar-refractivity contribution in [3.05, 3.63) is 99.7 Å². The van der Waals surface area contributed by atoms with Crippen LogP contribution in [0.3, 0.4) is 0 Å². The fraction of sp³-hybridized carbons (Fsp3) is 0.0833. The summed E-state index contributed by atoms with van der Waals surface area (Å²) in [5.41, 5.74) is 1.29. The quantitative estimate of drug-likeness (QED) is 0.347. The van der Waals surface area contributed by atoms with Gasteiger partial charge in [-0.3, -0.25) is 14.6 Å². The molecule has 0 unspecified atom stereocenters. The molecule has 6 nitrogen and oxygen atoms in total. The van der Waals surface area contributed by atoms with Gasteiger partial charge in [-0.25, -0.2) is 4.79 Å².